The van der Waals surface area contributed by atoms with Crippen molar-refractivity contribution in [2.75, 3.05) is 11.4 Å². The summed E-state index contributed by atoms with van der Waals surface area (Å²) in [5, 5.41) is 2.88. The number of carbonyl (C=O) groups excluding carboxylic acids is 3. The quantitative estimate of drug-likeness (QED) is 0.820. The maximum Gasteiger partial charge on any atom is 0.325 e. The second-order valence-electron chi connectivity index (χ2n) is 7.83. The molecule has 3 aliphatic rings. The second kappa shape index (κ2) is 5.92. The molecule has 0 aromatic heterocycles. The number of nitrogens with zero attached hydrogens (tertiary/aromatic N) is 2. The van der Waals surface area contributed by atoms with Crippen LogP contribution in [0.5, 0.6) is 0 Å². The summed E-state index contributed by atoms with van der Waals surface area (Å²) in [6.45, 7) is 1.74. The van der Waals surface area contributed by atoms with Crippen molar-refractivity contribution >= 4 is 23.5 Å². The maximum atomic E-state index is 13.3. The largest absolute Gasteiger partial charge is 0.325 e. The Morgan fingerprint density at radius 2 is 1.82 bits per heavy atom. The zero-order chi connectivity index (χ0) is 19.5. The summed E-state index contributed by atoms with van der Waals surface area (Å²) in [6.07, 6.45) is 2.05. The van der Waals surface area contributed by atoms with Crippen LogP contribution in [0.25, 0.3) is 0 Å². The van der Waals surface area contributed by atoms with Gasteiger partial charge in [0.25, 0.3) is 5.91 Å². The SMILES string of the molecule is C[C@H]1Cc2ccccc2N1C(=O)CN1C(=O)N[C@@]2(CCc3ccccc32)C1=O. The summed E-state index contributed by atoms with van der Waals surface area (Å²) < 4.78 is 0. The Labute approximate surface area is 163 Å². The van der Waals surface area contributed by atoms with Crippen LogP contribution in [-0.2, 0) is 28.0 Å². The molecular formula is C22H21N3O3. The molecule has 2 aromatic carbocycles. The van der Waals surface area contributed by atoms with E-state index in [1.807, 2.05) is 55.5 Å². The van der Waals surface area contributed by atoms with E-state index in [0.29, 0.717) is 6.42 Å². The third-order valence-corrected chi connectivity index (χ3v) is 6.19. The number of nitrogens with one attached hydrogen (secondary N) is 1. The number of carbonyl (C=O) groups is 3. The molecule has 5 rings (SSSR count). The Balaban J connectivity index is 1.42. The van der Waals surface area contributed by atoms with Crippen molar-refractivity contribution in [1.82, 2.24) is 10.2 Å². The van der Waals surface area contributed by atoms with Crippen LogP contribution in [0.4, 0.5) is 10.5 Å². The minimum absolute atomic E-state index is 0.00633. The van der Waals surface area contributed by atoms with Gasteiger partial charge in [-0.1, -0.05) is 42.5 Å². The zero-order valence-corrected chi connectivity index (χ0v) is 15.6. The molecule has 1 fully saturated rings. The number of imide groups is 1. The second-order valence-corrected chi connectivity index (χ2v) is 7.83. The topological polar surface area (TPSA) is 69.7 Å². The van der Waals surface area contributed by atoms with Crippen LogP contribution in [0, 0.1) is 0 Å². The van der Waals surface area contributed by atoms with Crippen molar-refractivity contribution in [3.63, 3.8) is 0 Å². The van der Waals surface area contributed by atoms with E-state index >= 15 is 0 Å². The number of rotatable bonds is 2. The molecule has 0 unspecified atom stereocenters. The summed E-state index contributed by atoms with van der Waals surface area (Å²) in [6, 6.07) is 15.0. The third-order valence-electron chi connectivity index (χ3n) is 6.19. The van der Waals surface area contributed by atoms with E-state index in [2.05, 4.69) is 5.32 Å². The number of fused-ring (bicyclic) bond motifs is 3. The first kappa shape index (κ1) is 17.0. The van der Waals surface area contributed by atoms with Gasteiger partial charge in [-0.2, -0.15) is 0 Å². The number of urea groups is 1. The van der Waals surface area contributed by atoms with Gasteiger partial charge in [0.05, 0.1) is 0 Å². The Morgan fingerprint density at radius 1 is 1.11 bits per heavy atom. The number of anilines is 1. The lowest BCUT2D eigenvalue weighted by Crippen LogP contribution is -2.46. The van der Waals surface area contributed by atoms with Gasteiger partial charge in [0.2, 0.25) is 5.91 Å². The predicted octanol–water partition coefficient (Wildman–Crippen LogP) is 2.36. The molecule has 4 amide bonds. The van der Waals surface area contributed by atoms with E-state index in [1.165, 1.54) is 0 Å². The molecule has 6 heteroatoms. The van der Waals surface area contributed by atoms with Crippen molar-refractivity contribution in [3.8, 4) is 0 Å². The number of benzene rings is 2. The molecule has 0 bridgehead atoms. The molecule has 6 nitrogen and oxygen atoms in total. The molecule has 1 aliphatic carbocycles. The number of hydrogen-bond acceptors (Lipinski definition) is 3. The van der Waals surface area contributed by atoms with Gasteiger partial charge in [-0.05, 0) is 48.9 Å². The Kier molecular flexibility index (Phi) is 3.59. The Bertz CT molecular complexity index is 1020. The Morgan fingerprint density at radius 3 is 2.64 bits per heavy atom. The maximum absolute atomic E-state index is 13.3. The van der Waals surface area contributed by atoms with Crippen molar-refractivity contribution in [3.05, 3.63) is 65.2 Å². The van der Waals surface area contributed by atoms with Crippen molar-refractivity contribution in [2.45, 2.75) is 37.8 Å². The van der Waals surface area contributed by atoms with Crippen LogP contribution in [0.15, 0.2) is 48.5 Å². The molecule has 1 N–H and O–H groups in total. The molecule has 28 heavy (non-hydrogen) atoms. The van der Waals surface area contributed by atoms with Crippen molar-refractivity contribution < 1.29 is 14.4 Å². The summed E-state index contributed by atoms with van der Waals surface area (Å²) in [4.78, 5) is 41.8. The van der Waals surface area contributed by atoms with Gasteiger partial charge in [0.1, 0.15) is 12.1 Å². The number of amides is 4. The zero-order valence-electron chi connectivity index (χ0n) is 15.6. The molecule has 0 saturated carbocycles. The lowest BCUT2D eigenvalue weighted by atomic mass is 9.92. The number of aryl methyl sites for hydroxylation is 1. The van der Waals surface area contributed by atoms with Gasteiger partial charge in [-0.15, -0.1) is 0 Å². The first-order valence-electron chi connectivity index (χ1n) is 9.64. The van der Waals surface area contributed by atoms with Crippen molar-refractivity contribution in [1.29, 1.82) is 0 Å². The van der Waals surface area contributed by atoms with Gasteiger partial charge in [-0.3, -0.25) is 14.5 Å². The Hall–Kier alpha value is -3.15. The van der Waals surface area contributed by atoms with Gasteiger partial charge < -0.3 is 10.2 Å². The number of para-hydroxylation sites is 1. The van der Waals surface area contributed by atoms with Crippen LogP contribution >= 0.6 is 0 Å². The molecule has 2 aromatic rings. The summed E-state index contributed by atoms with van der Waals surface area (Å²) >= 11 is 0. The lowest BCUT2D eigenvalue weighted by Gasteiger charge is -2.25. The highest BCUT2D eigenvalue weighted by Gasteiger charge is 2.55. The first-order chi connectivity index (χ1) is 13.5. The highest BCUT2D eigenvalue weighted by atomic mass is 16.2. The van der Waals surface area contributed by atoms with Crippen molar-refractivity contribution in [2.24, 2.45) is 0 Å². The lowest BCUT2D eigenvalue weighted by molar-refractivity contribution is -0.134. The highest BCUT2D eigenvalue weighted by Crippen LogP contribution is 2.41. The minimum atomic E-state index is -1.03. The van der Waals surface area contributed by atoms with E-state index in [9.17, 15) is 14.4 Å². The fourth-order valence-corrected chi connectivity index (χ4v) is 4.89. The predicted molar refractivity (Wildman–Crippen MR) is 104 cm³/mol. The monoisotopic (exact) mass is 375 g/mol. The van der Waals surface area contributed by atoms with Crippen LogP contribution in [0.1, 0.15) is 30.0 Å². The minimum Gasteiger partial charge on any atom is -0.319 e. The van der Waals surface area contributed by atoms with Gasteiger partial charge in [0.15, 0.2) is 0 Å². The van der Waals surface area contributed by atoms with Gasteiger partial charge in [0, 0.05) is 11.7 Å². The van der Waals surface area contributed by atoms with Gasteiger partial charge in [-0.25, -0.2) is 4.79 Å². The standard InChI is InChI=1S/C22H21N3O3/c1-14-12-16-7-3-5-9-18(16)25(14)19(26)13-24-20(27)22(23-21(24)28)11-10-15-6-2-4-8-17(15)22/h2-9,14H,10-13H2,1H3,(H,23,28)/t14-,22+/m0/s1. The van der Waals surface area contributed by atoms with Crippen LogP contribution in [0.2, 0.25) is 0 Å². The van der Waals surface area contributed by atoms with Gasteiger partial charge >= 0.3 is 6.03 Å². The highest BCUT2D eigenvalue weighted by molar-refractivity contribution is 6.11. The summed E-state index contributed by atoms with van der Waals surface area (Å²) in [5.74, 6) is -0.555. The average Bonchev–Trinajstić information content (AvgIpc) is 3.30. The van der Waals surface area contributed by atoms with E-state index in [4.69, 9.17) is 0 Å². The summed E-state index contributed by atoms with van der Waals surface area (Å²) in [7, 11) is 0. The normalized spacial score (nSPS) is 25.2. The first-order valence-corrected chi connectivity index (χ1v) is 9.64. The van der Waals surface area contributed by atoms with Crippen LogP contribution in [-0.4, -0.2) is 35.3 Å². The summed E-state index contributed by atoms with van der Waals surface area (Å²) in [5.41, 5.74) is 2.88. The molecular weight excluding hydrogens is 354 g/mol. The molecule has 142 valence electrons. The third kappa shape index (κ3) is 2.24. The number of hydrogen-bond donors (Lipinski definition) is 1. The molecule has 0 radical (unpaired) electrons. The van der Waals surface area contributed by atoms with E-state index in [0.717, 1.165) is 40.1 Å². The van der Waals surface area contributed by atoms with E-state index < -0.39 is 11.6 Å². The molecule has 2 atom stereocenters. The smallest absolute Gasteiger partial charge is 0.319 e. The van der Waals surface area contributed by atoms with E-state index in [1.54, 1.807) is 4.90 Å². The fraction of sp³-hybridized carbons (Fsp3) is 0.318. The van der Waals surface area contributed by atoms with Crippen LogP contribution in [0.3, 0.4) is 0 Å². The van der Waals surface area contributed by atoms with Crippen LogP contribution < -0.4 is 10.2 Å². The average molecular weight is 375 g/mol. The fourth-order valence-electron chi connectivity index (χ4n) is 4.89. The van der Waals surface area contributed by atoms with E-state index in [-0.39, 0.29) is 24.4 Å². The molecule has 2 aliphatic heterocycles. The molecule has 1 saturated heterocycles. The molecule has 1 spiro atoms. The molecule has 2 heterocycles.